The average molecular weight is 287 g/mol. The third-order valence-corrected chi connectivity index (χ3v) is 3.25. The fourth-order valence-corrected chi connectivity index (χ4v) is 2.09. The molecule has 0 radical (unpaired) electrons. The lowest BCUT2D eigenvalue weighted by Crippen LogP contribution is -2.21. The first-order chi connectivity index (χ1) is 9.19. The summed E-state index contributed by atoms with van der Waals surface area (Å²) < 4.78 is 10.9. The van der Waals surface area contributed by atoms with Crippen LogP contribution in [0.5, 0.6) is 6.01 Å². The summed E-state index contributed by atoms with van der Waals surface area (Å²) in [6.45, 7) is 6.23. The zero-order valence-corrected chi connectivity index (χ0v) is 12.0. The Morgan fingerprint density at radius 1 is 1.42 bits per heavy atom. The highest BCUT2D eigenvalue weighted by Gasteiger charge is 2.24. The lowest BCUT2D eigenvalue weighted by molar-refractivity contribution is 0.108. The lowest BCUT2D eigenvalue weighted by atomic mass is 10.0. The highest BCUT2D eigenvalue weighted by Crippen LogP contribution is 2.21. The van der Waals surface area contributed by atoms with E-state index in [0.717, 1.165) is 26.0 Å². The molecule has 1 N–H and O–H groups in total. The standard InChI is InChI=1S/C12H19ClN4O2/c1-3-5-19-12-16-10(13)15-11(17-12)14-7-9-4-6-18-8(9)2/h8-9H,3-7H2,1-2H3,(H,14,15,16,17). The van der Waals surface area contributed by atoms with Crippen LogP contribution in [0, 0.1) is 5.92 Å². The third kappa shape index (κ3) is 4.18. The maximum Gasteiger partial charge on any atom is 0.322 e. The summed E-state index contributed by atoms with van der Waals surface area (Å²) in [4.78, 5) is 12.1. The van der Waals surface area contributed by atoms with Crippen molar-refractivity contribution in [3.05, 3.63) is 5.28 Å². The molecular formula is C12H19ClN4O2. The molecule has 0 amide bonds. The normalized spacial score (nSPS) is 22.5. The molecule has 1 aromatic rings. The van der Waals surface area contributed by atoms with Crippen LogP contribution in [0.25, 0.3) is 0 Å². The smallest absolute Gasteiger partial charge is 0.322 e. The van der Waals surface area contributed by atoms with Crippen LogP contribution in [0.4, 0.5) is 5.95 Å². The molecule has 2 atom stereocenters. The van der Waals surface area contributed by atoms with Crippen molar-refractivity contribution in [1.29, 1.82) is 0 Å². The lowest BCUT2D eigenvalue weighted by Gasteiger charge is -2.14. The monoisotopic (exact) mass is 286 g/mol. The first kappa shape index (κ1) is 14.3. The van der Waals surface area contributed by atoms with Crippen molar-refractivity contribution < 1.29 is 9.47 Å². The average Bonchev–Trinajstić information content (AvgIpc) is 2.79. The van der Waals surface area contributed by atoms with Gasteiger partial charge in [0.2, 0.25) is 11.2 Å². The molecule has 2 rings (SSSR count). The Labute approximate surface area is 117 Å². The fraction of sp³-hybridized carbons (Fsp3) is 0.750. The Hall–Kier alpha value is -1.14. The molecule has 6 nitrogen and oxygen atoms in total. The number of rotatable bonds is 6. The van der Waals surface area contributed by atoms with E-state index in [4.69, 9.17) is 21.1 Å². The highest BCUT2D eigenvalue weighted by atomic mass is 35.5. The van der Waals surface area contributed by atoms with Gasteiger partial charge in [-0.3, -0.25) is 0 Å². The van der Waals surface area contributed by atoms with Crippen molar-refractivity contribution in [2.45, 2.75) is 32.8 Å². The second-order valence-electron chi connectivity index (χ2n) is 4.56. The van der Waals surface area contributed by atoms with E-state index in [1.807, 2.05) is 6.92 Å². The number of halogens is 1. The summed E-state index contributed by atoms with van der Waals surface area (Å²) in [7, 11) is 0. The van der Waals surface area contributed by atoms with Gasteiger partial charge in [-0.1, -0.05) is 6.92 Å². The minimum Gasteiger partial charge on any atom is -0.463 e. The number of hydrogen-bond acceptors (Lipinski definition) is 6. The van der Waals surface area contributed by atoms with Gasteiger partial charge < -0.3 is 14.8 Å². The molecule has 2 unspecified atom stereocenters. The molecule has 7 heteroatoms. The topological polar surface area (TPSA) is 69.2 Å². The minimum atomic E-state index is 0.138. The van der Waals surface area contributed by atoms with Crippen LogP contribution in [0.2, 0.25) is 5.28 Å². The van der Waals surface area contributed by atoms with Crippen molar-refractivity contribution in [2.75, 3.05) is 25.1 Å². The van der Waals surface area contributed by atoms with Gasteiger partial charge in [-0.05, 0) is 31.4 Å². The predicted molar refractivity (Wildman–Crippen MR) is 72.6 cm³/mol. The molecule has 2 heterocycles. The number of ether oxygens (including phenoxy) is 2. The number of nitrogens with one attached hydrogen (secondary N) is 1. The second kappa shape index (κ2) is 6.86. The van der Waals surface area contributed by atoms with Gasteiger partial charge in [0, 0.05) is 19.1 Å². The number of nitrogens with zero attached hydrogens (tertiary/aromatic N) is 3. The van der Waals surface area contributed by atoms with Gasteiger partial charge in [0.15, 0.2) is 0 Å². The van der Waals surface area contributed by atoms with E-state index in [1.165, 1.54) is 0 Å². The van der Waals surface area contributed by atoms with Crippen molar-refractivity contribution in [3.63, 3.8) is 0 Å². The van der Waals surface area contributed by atoms with Crippen molar-refractivity contribution in [2.24, 2.45) is 5.92 Å². The summed E-state index contributed by atoms with van der Waals surface area (Å²) in [5, 5.41) is 3.31. The van der Waals surface area contributed by atoms with E-state index in [0.29, 0.717) is 18.5 Å². The van der Waals surface area contributed by atoms with Crippen molar-refractivity contribution in [3.8, 4) is 6.01 Å². The minimum absolute atomic E-state index is 0.138. The van der Waals surface area contributed by atoms with E-state index in [2.05, 4.69) is 27.2 Å². The van der Waals surface area contributed by atoms with Gasteiger partial charge in [0.25, 0.3) is 0 Å². The van der Waals surface area contributed by atoms with Crippen LogP contribution in [-0.2, 0) is 4.74 Å². The maximum atomic E-state index is 5.85. The van der Waals surface area contributed by atoms with Crippen molar-refractivity contribution in [1.82, 2.24) is 15.0 Å². The van der Waals surface area contributed by atoms with Crippen LogP contribution in [0.15, 0.2) is 0 Å². The number of hydrogen-bond donors (Lipinski definition) is 1. The van der Waals surface area contributed by atoms with E-state index >= 15 is 0 Å². The maximum absolute atomic E-state index is 5.85. The van der Waals surface area contributed by atoms with E-state index < -0.39 is 0 Å². The summed E-state index contributed by atoms with van der Waals surface area (Å²) in [6, 6.07) is 0.264. The van der Waals surface area contributed by atoms with Gasteiger partial charge in [-0.15, -0.1) is 0 Å². The summed E-state index contributed by atoms with van der Waals surface area (Å²) in [5.74, 6) is 0.917. The van der Waals surface area contributed by atoms with Crippen LogP contribution < -0.4 is 10.1 Å². The molecule has 106 valence electrons. The van der Waals surface area contributed by atoms with Crippen LogP contribution in [-0.4, -0.2) is 40.8 Å². The first-order valence-corrected chi connectivity index (χ1v) is 6.96. The molecule has 0 aromatic carbocycles. The van der Waals surface area contributed by atoms with Gasteiger partial charge in [0.1, 0.15) is 0 Å². The van der Waals surface area contributed by atoms with Crippen molar-refractivity contribution >= 4 is 17.5 Å². The highest BCUT2D eigenvalue weighted by molar-refractivity contribution is 6.28. The number of aromatic nitrogens is 3. The molecule has 1 saturated heterocycles. The van der Waals surface area contributed by atoms with Gasteiger partial charge in [0.05, 0.1) is 12.7 Å². The summed E-state index contributed by atoms with van der Waals surface area (Å²) in [6.07, 6.45) is 2.20. The Morgan fingerprint density at radius 2 is 2.26 bits per heavy atom. The number of anilines is 1. The predicted octanol–water partition coefficient (Wildman–Crippen LogP) is 2.15. The Kier molecular flexibility index (Phi) is 5.15. The Balaban J connectivity index is 1.93. The van der Waals surface area contributed by atoms with Crippen LogP contribution in [0.1, 0.15) is 26.7 Å². The SMILES string of the molecule is CCCOc1nc(Cl)nc(NCC2CCOC2C)n1. The molecule has 1 aliphatic rings. The Bertz CT molecular complexity index is 419. The molecule has 19 heavy (non-hydrogen) atoms. The molecule has 0 spiro atoms. The molecular weight excluding hydrogens is 268 g/mol. The molecule has 1 aromatic heterocycles. The zero-order valence-electron chi connectivity index (χ0n) is 11.2. The fourth-order valence-electron chi connectivity index (χ4n) is 1.94. The Morgan fingerprint density at radius 3 is 2.95 bits per heavy atom. The quantitative estimate of drug-likeness (QED) is 0.864. The molecule has 1 aliphatic heterocycles. The van der Waals surface area contributed by atoms with Crippen LogP contribution in [0.3, 0.4) is 0 Å². The second-order valence-corrected chi connectivity index (χ2v) is 4.90. The summed E-state index contributed by atoms with van der Waals surface area (Å²) >= 11 is 5.85. The van der Waals surface area contributed by atoms with E-state index in [-0.39, 0.29) is 17.4 Å². The summed E-state index contributed by atoms with van der Waals surface area (Å²) in [5.41, 5.74) is 0. The van der Waals surface area contributed by atoms with Gasteiger partial charge in [-0.25, -0.2) is 0 Å². The molecule has 1 fully saturated rings. The molecule has 0 aliphatic carbocycles. The third-order valence-electron chi connectivity index (χ3n) is 3.08. The first-order valence-electron chi connectivity index (χ1n) is 6.59. The molecule has 0 saturated carbocycles. The van der Waals surface area contributed by atoms with Crippen LogP contribution >= 0.6 is 11.6 Å². The molecule has 0 bridgehead atoms. The van der Waals surface area contributed by atoms with E-state index in [9.17, 15) is 0 Å². The van der Waals surface area contributed by atoms with Gasteiger partial charge in [-0.2, -0.15) is 15.0 Å². The largest absolute Gasteiger partial charge is 0.463 e. The van der Waals surface area contributed by atoms with Gasteiger partial charge >= 0.3 is 6.01 Å². The zero-order chi connectivity index (χ0) is 13.7. The van der Waals surface area contributed by atoms with E-state index in [1.54, 1.807) is 0 Å².